The van der Waals surface area contributed by atoms with Crippen molar-refractivity contribution in [2.24, 2.45) is 0 Å². The molecule has 0 spiro atoms. The van der Waals surface area contributed by atoms with Gasteiger partial charge in [0.1, 0.15) is 28.9 Å². The van der Waals surface area contributed by atoms with Crippen LogP contribution < -0.4 is 5.32 Å². The fourth-order valence-corrected chi connectivity index (χ4v) is 4.75. The fraction of sp³-hybridized carbons (Fsp3) is 0.407. The Kier molecular flexibility index (Phi) is 7.15. The number of aromatic amines is 1. The molecule has 0 unspecified atom stereocenters. The van der Waals surface area contributed by atoms with Gasteiger partial charge in [-0.15, -0.1) is 0 Å². The molecule has 11 heteroatoms. The number of aliphatic hydroxyl groups is 2. The van der Waals surface area contributed by atoms with Gasteiger partial charge < -0.3 is 29.8 Å². The lowest BCUT2D eigenvalue weighted by atomic mass is 10.0. The molecule has 200 valence electrons. The van der Waals surface area contributed by atoms with Crippen LogP contribution in [-0.4, -0.2) is 66.5 Å². The summed E-state index contributed by atoms with van der Waals surface area (Å²) < 4.78 is 12.6. The number of ether oxygens (including phenoxy) is 1. The summed E-state index contributed by atoms with van der Waals surface area (Å²) in [7, 11) is 1.65. The topological polar surface area (TPSA) is 147 Å². The molecule has 1 aliphatic rings. The van der Waals surface area contributed by atoms with Crippen LogP contribution in [0.4, 0.5) is 11.6 Å². The number of aryl methyl sites for hydroxylation is 3. The van der Waals surface area contributed by atoms with E-state index < -0.39 is 6.10 Å². The van der Waals surface area contributed by atoms with Crippen molar-refractivity contribution in [3.05, 3.63) is 52.4 Å². The number of nitrogens with zero attached hydrogens (tertiary/aromatic N) is 5. The quantitative estimate of drug-likeness (QED) is 0.232. The van der Waals surface area contributed by atoms with Crippen LogP contribution in [0.15, 0.2) is 17.2 Å². The summed E-state index contributed by atoms with van der Waals surface area (Å²) in [6.07, 6.45) is 5.04. The zero-order valence-electron chi connectivity index (χ0n) is 22.1. The van der Waals surface area contributed by atoms with E-state index in [0.717, 1.165) is 52.0 Å². The predicted octanol–water partition coefficient (Wildman–Crippen LogP) is 3.87. The molecule has 0 saturated heterocycles. The Morgan fingerprint density at radius 2 is 2.13 bits per heavy atom. The van der Waals surface area contributed by atoms with E-state index in [9.17, 15) is 10.2 Å². The van der Waals surface area contributed by atoms with Gasteiger partial charge in [0, 0.05) is 35.9 Å². The van der Waals surface area contributed by atoms with Crippen molar-refractivity contribution in [3.8, 4) is 0 Å². The summed E-state index contributed by atoms with van der Waals surface area (Å²) in [5.41, 5.74) is 5.83. The highest BCUT2D eigenvalue weighted by atomic mass is 16.5. The largest absolute Gasteiger partial charge is 0.394 e. The van der Waals surface area contributed by atoms with E-state index in [2.05, 4.69) is 32.1 Å². The molecule has 5 rings (SSSR count). The Morgan fingerprint density at radius 1 is 1.34 bits per heavy atom. The number of nitrogens with one attached hydrogen (secondary N) is 2. The van der Waals surface area contributed by atoms with E-state index in [-0.39, 0.29) is 13.2 Å². The zero-order valence-corrected chi connectivity index (χ0v) is 22.1. The summed E-state index contributed by atoms with van der Waals surface area (Å²) >= 11 is 0. The molecule has 0 amide bonds. The normalized spacial score (nSPS) is 14.8. The van der Waals surface area contributed by atoms with E-state index in [1.54, 1.807) is 17.9 Å². The van der Waals surface area contributed by atoms with Crippen molar-refractivity contribution in [2.45, 2.75) is 52.2 Å². The third-order valence-electron chi connectivity index (χ3n) is 6.65. The number of H-pyrrole nitrogens is 1. The molecule has 4 aromatic rings. The van der Waals surface area contributed by atoms with Crippen LogP contribution in [-0.2, 0) is 11.3 Å². The molecule has 1 aliphatic carbocycles. The van der Waals surface area contributed by atoms with Crippen LogP contribution in [0.5, 0.6) is 0 Å². The van der Waals surface area contributed by atoms with Crippen molar-refractivity contribution >= 4 is 40.4 Å². The van der Waals surface area contributed by atoms with Gasteiger partial charge in [0.05, 0.1) is 42.6 Å². The number of aromatic nitrogens is 6. The van der Waals surface area contributed by atoms with Crippen LogP contribution >= 0.6 is 0 Å². The number of aliphatic hydroxyl groups excluding tert-OH is 2. The van der Waals surface area contributed by atoms with Crippen molar-refractivity contribution in [3.63, 3.8) is 0 Å². The SMILES string of the molecule is C=Cc1c(/C=C(\COC)c2c(C)noc2C)[nH]c2nc(C)nc(Nc3cc(C4CC4)nn3C[C@H](O)CO)c12. The number of hydrogen-bond donors (Lipinski definition) is 4. The lowest BCUT2D eigenvalue weighted by Crippen LogP contribution is -2.21. The van der Waals surface area contributed by atoms with Gasteiger partial charge in [0.2, 0.25) is 0 Å². The van der Waals surface area contributed by atoms with Crippen molar-refractivity contribution in [2.75, 3.05) is 25.6 Å². The molecular formula is C27H33N7O4. The standard InChI is InChI=1S/C27H33N7O4/c1-6-20-22(9-18(13-37-5)24-14(2)33-38-15(24)3)30-26-25(20)27(29-16(4)28-26)31-23-10-21(17-7-8-17)32-34(23)11-19(36)12-35/h6,9-10,17,19,35-36H,1,7-8,11-13H2,2-5H3,(H2,28,29,30,31)/b18-9+/t19-/m0/s1. The smallest absolute Gasteiger partial charge is 0.145 e. The van der Waals surface area contributed by atoms with E-state index >= 15 is 0 Å². The molecule has 1 atom stereocenters. The minimum absolute atomic E-state index is 0.159. The van der Waals surface area contributed by atoms with Crippen LogP contribution in [0.25, 0.3) is 28.8 Å². The molecule has 0 aromatic carbocycles. The average Bonchev–Trinajstić information content (AvgIpc) is 3.46. The number of fused-ring (bicyclic) bond motifs is 1. The zero-order chi connectivity index (χ0) is 27.0. The van der Waals surface area contributed by atoms with Crippen molar-refractivity contribution in [1.29, 1.82) is 0 Å². The second kappa shape index (κ2) is 10.5. The van der Waals surface area contributed by atoms with Gasteiger partial charge in [-0.05, 0) is 45.3 Å². The first-order chi connectivity index (χ1) is 18.3. The monoisotopic (exact) mass is 519 g/mol. The summed E-state index contributed by atoms with van der Waals surface area (Å²) in [6, 6.07) is 1.99. The number of hydrogen-bond acceptors (Lipinski definition) is 9. The summed E-state index contributed by atoms with van der Waals surface area (Å²) in [5.74, 6) is 2.99. The highest BCUT2D eigenvalue weighted by Gasteiger charge is 2.28. The van der Waals surface area contributed by atoms with Crippen LogP contribution in [0.3, 0.4) is 0 Å². The Bertz CT molecular complexity index is 1490. The van der Waals surface area contributed by atoms with Gasteiger partial charge >= 0.3 is 0 Å². The Balaban J connectivity index is 1.62. The van der Waals surface area contributed by atoms with Gasteiger partial charge in [0.25, 0.3) is 0 Å². The lowest BCUT2D eigenvalue weighted by Gasteiger charge is -2.13. The van der Waals surface area contributed by atoms with Crippen LogP contribution in [0.1, 0.15) is 58.6 Å². The fourth-order valence-electron chi connectivity index (χ4n) is 4.75. The van der Waals surface area contributed by atoms with Crippen molar-refractivity contribution in [1.82, 2.24) is 29.9 Å². The highest BCUT2D eigenvalue weighted by Crippen LogP contribution is 2.41. The van der Waals surface area contributed by atoms with E-state index in [1.807, 2.05) is 32.9 Å². The summed E-state index contributed by atoms with van der Waals surface area (Å²) in [5, 5.41) is 32.5. The average molecular weight is 520 g/mol. The predicted molar refractivity (Wildman–Crippen MR) is 145 cm³/mol. The van der Waals surface area contributed by atoms with Crippen molar-refractivity contribution < 1.29 is 19.5 Å². The maximum Gasteiger partial charge on any atom is 0.145 e. The second-order valence-corrected chi connectivity index (χ2v) is 9.67. The van der Waals surface area contributed by atoms with Crippen LogP contribution in [0.2, 0.25) is 0 Å². The molecule has 38 heavy (non-hydrogen) atoms. The molecule has 0 aliphatic heterocycles. The van der Waals surface area contributed by atoms with E-state index in [0.29, 0.717) is 41.4 Å². The molecule has 0 radical (unpaired) electrons. The third-order valence-corrected chi connectivity index (χ3v) is 6.65. The maximum absolute atomic E-state index is 10.1. The number of anilines is 2. The van der Waals surface area contributed by atoms with E-state index in [1.165, 1.54) is 0 Å². The molecule has 1 saturated carbocycles. The third kappa shape index (κ3) is 5.00. The highest BCUT2D eigenvalue weighted by molar-refractivity contribution is 6.01. The van der Waals surface area contributed by atoms with Crippen LogP contribution in [0, 0.1) is 20.8 Å². The first kappa shape index (κ1) is 25.8. The molecule has 4 N–H and O–H groups in total. The minimum Gasteiger partial charge on any atom is -0.394 e. The molecule has 11 nitrogen and oxygen atoms in total. The first-order valence-corrected chi connectivity index (χ1v) is 12.6. The minimum atomic E-state index is -0.925. The van der Waals surface area contributed by atoms with Gasteiger partial charge in [-0.25, -0.2) is 14.6 Å². The Morgan fingerprint density at radius 3 is 2.76 bits per heavy atom. The Hall–Kier alpha value is -3.80. The summed E-state index contributed by atoms with van der Waals surface area (Å²) in [4.78, 5) is 12.8. The number of rotatable bonds is 11. The van der Waals surface area contributed by atoms with E-state index in [4.69, 9.17) is 14.2 Å². The second-order valence-electron chi connectivity index (χ2n) is 9.67. The molecule has 0 bridgehead atoms. The molecule has 4 heterocycles. The molecular weight excluding hydrogens is 486 g/mol. The summed E-state index contributed by atoms with van der Waals surface area (Å²) in [6.45, 7) is 9.85. The molecule has 1 fully saturated rings. The van der Waals surface area contributed by atoms with Gasteiger partial charge in [0.15, 0.2) is 0 Å². The maximum atomic E-state index is 10.1. The van der Waals surface area contributed by atoms with Gasteiger partial charge in [-0.3, -0.25) is 0 Å². The molecule has 4 aromatic heterocycles. The van der Waals surface area contributed by atoms with Gasteiger partial charge in [-0.2, -0.15) is 5.10 Å². The Labute approximate surface area is 220 Å². The first-order valence-electron chi connectivity index (χ1n) is 12.6. The van der Waals surface area contributed by atoms with Gasteiger partial charge in [-0.1, -0.05) is 17.8 Å². The lowest BCUT2D eigenvalue weighted by molar-refractivity contribution is 0.0787. The number of methoxy groups -OCH3 is 1.